The number of aliphatic hydroxyl groups is 1. The van der Waals surface area contributed by atoms with Crippen LogP contribution in [0.1, 0.15) is 19.3 Å². The van der Waals surface area contributed by atoms with Crippen LogP contribution >= 0.6 is 0 Å². The molecule has 0 saturated carbocycles. The van der Waals surface area contributed by atoms with E-state index >= 15 is 0 Å². The Labute approximate surface area is 129 Å². The topological polar surface area (TPSA) is 157 Å². The van der Waals surface area contributed by atoms with Gasteiger partial charge in [0.15, 0.2) is 0 Å². The minimum atomic E-state index is -3.06. The largest absolute Gasteiger partial charge is 0.481 e. The summed E-state index contributed by atoms with van der Waals surface area (Å²) in [7, 11) is -3.06. The molecule has 0 aromatic heterocycles. The Morgan fingerprint density at radius 3 is 2.41 bits per heavy atom. The molecule has 1 unspecified atom stereocenters. The van der Waals surface area contributed by atoms with Crippen LogP contribution in [0.15, 0.2) is 0 Å². The molecule has 0 radical (unpaired) electrons. The number of carboxylic acid groups (broad SMARTS) is 2. The molecule has 0 amide bonds. The van der Waals surface area contributed by atoms with Crippen LogP contribution in [0.4, 0.5) is 0 Å². The van der Waals surface area contributed by atoms with E-state index in [9.17, 15) is 24.3 Å². The second-order valence-corrected chi connectivity index (χ2v) is 8.21. The minimum Gasteiger partial charge on any atom is -0.481 e. The Morgan fingerprint density at radius 2 is 1.91 bits per heavy atom. The van der Waals surface area contributed by atoms with E-state index < -0.39 is 32.6 Å². The van der Waals surface area contributed by atoms with Crippen molar-refractivity contribution in [1.82, 2.24) is 5.32 Å². The average Bonchev–Trinajstić information content (AvgIpc) is 2.36. The van der Waals surface area contributed by atoms with E-state index in [-0.39, 0.29) is 38.6 Å². The predicted molar refractivity (Wildman–Crippen MR) is 78.6 cm³/mol. The molecular weight excluding hydrogens is 314 g/mol. The van der Waals surface area contributed by atoms with Crippen molar-refractivity contribution in [2.45, 2.75) is 44.0 Å². The van der Waals surface area contributed by atoms with Crippen LogP contribution in [0.25, 0.3) is 0 Å². The molecular formula is C12H25NO8Si. The van der Waals surface area contributed by atoms with Crippen LogP contribution in [0, 0.1) is 0 Å². The smallest absolute Gasteiger partial charge is 0.329 e. The molecule has 0 spiro atoms. The van der Waals surface area contributed by atoms with Crippen molar-refractivity contribution in [2.75, 3.05) is 19.8 Å². The highest BCUT2D eigenvalue weighted by Gasteiger charge is 2.21. The summed E-state index contributed by atoms with van der Waals surface area (Å²) in [5, 5.41) is 29.6. The number of aliphatic carboxylic acids is 2. The average molecular weight is 339 g/mol. The molecule has 0 rings (SSSR count). The van der Waals surface area contributed by atoms with Crippen LogP contribution in [0.3, 0.4) is 0 Å². The first kappa shape index (κ1) is 21.0. The molecule has 2 atom stereocenters. The van der Waals surface area contributed by atoms with Crippen LogP contribution in [0.5, 0.6) is 0 Å². The van der Waals surface area contributed by atoms with Crippen LogP contribution < -0.4 is 5.32 Å². The summed E-state index contributed by atoms with van der Waals surface area (Å²) in [6.07, 6.45) is -0.819. The Morgan fingerprint density at radius 1 is 1.27 bits per heavy atom. The summed E-state index contributed by atoms with van der Waals surface area (Å²) >= 11 is 0. The summed E-state index contributed by atoms with van der Waals surface area (Å²) in [6.45, 7) is 1.60. The first-order valence-corrected chi connectivity index (χ1v) is 9.60. The monoisotopic (exact) mass is 339 g/mol. The van der Waals surface area contributed by atoms with Crippen molar-refractivity contribution in [3.63, 3.8) is 0 Å². The molecule has 0 aliphatic heterocycles. The summed E-state index contributed by atoms with van der Waals surface area (Å²) in [6, 6.07) is -0.765. The number of carboxylic acids is 2. The quantitative estimate of drug-likeness (QED) is 0.178. The van der Waals surface area contributed by atoms with Crippen molar-refractivity contribution >= 4 is 20.5 Å². The van der Waals surface area contributed by atoms with E-state index in [4.69, 9.17) is 14.9 Å². The molecule has 6 N–H and O–H groups in total. The normalized spacial score (nSPS) is 14.5. The molecule has 0 bridgehead atoms. The zero-order valence-electron chi connectivity index (χ0n) is 12.6. The van der Waals surface area contributed by atoms with Gasteiger partial charge in [0.1, 0.15) is 6.04 Å². The zero-order chi connectivity index (χ0) is 17.2. The van der Waals surface area contributed by atoms with Gasteiger partial charge < -0.3 is 35.0 Å². The molecule has 0 saturated heterocycles. The molecule has 0 aromatic rings. The molecule has 0 aromatic carbocycles. The van der Waals surface area contributed by atoms with E-state index in [1.807, 2.05) is 0 Å². The second kappa shape index (κ2) is 10.6. The standard InChI is InChI=1S/C12H25NO8Si/c1-22(19,20)6-2-5-21-8-9(14)7-13-10(12(17)18)3-4-11(15)16/h9-10,13-14,19-20H,2-8H2,1H3,(H,15,16)(H,17,18)/t9?,10-/m0/s1. The lowest BCUT2D eigenvalue weighted by atomic mass is 10.1. The summed E-state index contributed by atoms with van der Waals surface area (Å²) < 4.78 is 5.15. The summed E-state index contributed by atoms with van der Waals surface area (Å²) in [5.41, 5.74) is 0. The molecule has 0 aliphatic carbocycles. The maximum absolute atomic E-state index is 10.9. The Bertz CT molecular complexity index is 347. The zero-order valence-corrected chi connectivity index (χ0v) is 13.6. The van der Waals surface area contributed by atoms with Crippen LogP contribution in [-0.4, -0.2) is 77.3 Å². The van der Waals surface area contributed by atoms with E-state index in [0.29, 0.717) is 6.42 Å². The van der Waals surface area contributed by atoms with Crippen molar-refractivity contribution < 1.29 is 39.2 Å². The van der Waals surface area contributed by atoms with Crippen LogP contribution in [-0.2, 0) is 14.3 Å². The maximum atomic E-state index is 10.9. The van der Waals surface area contributed by atoms with Gasteiger partial charge in [-0.2, -0.15) is 0 Å². The van der Waals surface area contributed by atoms with E-state index in [1.54, 1.807) is 0 Å². The Kier molecular flexibility index (Phi) is 10.1. The second-order valence-electron chi connectivity index (χ2n) is 5.28. The number of hydrogen-bond donors (Lipinski definition) is 6. The van der Waals surface area contributed by atoms with Gasteiger partial charge in [-0.05, 0) is 25.4 Å². The van der Waals surface area contributed by atoms with Gasteiger partial charge in [0.05, 0.1) is 12.7 Å². The molecule has 9 nitrogen and oxygen atoms in total. The number of ether oxygens (including phenoxy) is 1. The van der Waals surface area contributed by atoms with E-state index in [2.05, 4.69) is 5.32 Å². The Hall–Kier alpha value is -1.04. The third kappa shape index (κ3) is 12.7. The molecule has 0 aliphatic rings. The number of hydrogen-bond acceptors (Lipinski definition) is 7. The van der Waals surface area contributed by atoms with E-state index in [1.165, 1.54) is 6.55 Å². The SMILES string of the molecule is C[Si](O)(O)CCCOCC(O)CN[C@@H](CCC(=O)O)C(=O)O. The lowest BCUT2D eigenvalue weighted by Crippen LogP contribution is -2.42. The third-order valence-corrected chi connectivity index (χ3v) is 4.09. The van der Waals surface area contributed by atoms with Gasteiger partial charge in [-0.25, -0.2) is 0 Å². The Balaban J connectivity index is 3.83. The molecule has 0 heterocycles. The highest BCUT2D eigenvalue weighted by Crippen LogP contribution is 2.04. The maximum Gasteiger partial charge on any atom is 0.329 e. The third-order valence-electron chi connectivity index (χ3n) is 2.79. The van der Waals surface area contributed by atoms with Crippen LogP contribution in [0.2, 0.25) is 12.6 Å². The van der Waals surface area contributed by atoms with Gasteiger partial charge in [-0.3, -0.25) is 9.59 Å². The highest BCUT2D eigenvalue weighted by molar-refractivity contribution is 6.63. The van der Waals surface area contributed by atoms with Gasteiger partial charge in [-0.15, -0.1) is 0 Å². The predicted octanol–water partition coefficient (Wildman–Crippen LogP) is -1.28. The van der Waals surface area contributed by atoms with Gasteiger partial charge >= 0.3 is 20.5 Å². The van der Waals surface area contributed by atoms with Gasteiger partial charge in [0.2, 0.25) is 0 Å². The van der Waals surface area contributed by atoms with Crippen molar-refractivity contribution in [2.24, 2.45) is 0 Å². The first-order valence-electron chi connectivity index (χ1n) is 7.00. The minimum absolute atomic E-state index is 0.0204. The van der Waals surface area contributed by atoms with Gasteiger partial charge in [0.25, 0.3) is 0 Å². The molecule has 130 valence electrons. The first-order chi connectivity index (χ1) is 10.1. The van der Waals surface area contributed by atoms with Gasteiger partial charge in [0, 0.05) is 19.6 Å². The highest BCUT2D eigenvalue weighted by atomic mass is 28.4. The number of aliphatic hydroxyl groups excluding tert-OH is 1. The number of rotatable bonds is 13. The lowest BCUT2D eigenvalue weighted by Gasteiger charge is -2.17. The lowest BCUT2D eigenvalue weighted by molar-refractivity contribution is -0.140. The fourth-order valence-corrected chi connectivity index (χ4v) is 2.46. The molecule has 22 heavy (non-hydrogen) atoms. The molecule has 10 heteroatoms. The van der Waals surface area contributed by atoms with Crippen molar-refractivity contribution in [3.05, 3.63) is 0 Å². The number of carbonyl (C=O) groups is 2. The van der Waals surface area contributed by atoms with Gasteiger partial charge in [-0.1, -0.05) is 0 Å². The summed E-state index contributed by atoms with van der Waals surface area (Å²) in [5.74, 6) is -2.26. The van der Waals surface area contributed by atoms with Crippen molar-refractivity contribution in [3.8, 4) is 0 Å². The summed E-state index contributed by atoms with van der Waals surface area (Å²) in [4.78, 5) is 39.7. The molecule has 0 fully saturated rings. The van der Waals surface area contributed by atoms with Crippen molar-refractivity contribution in [1.29, 1.82) is 0 Å². The van der Waals surface area contributed by atoms with E-state index in [0.717, 1.165) is 0 Å². The fourth-order valence-electron chi connectivity index (χ4n) is 1.65. The fraction of sp³-hybridized carbons (Fsp3) is 0.833. The number of nitrogens with one attached hydrogen (secondary N) is 1.